The number of fused-ring (bicyclic) bond motifs is 1. The number of imidazole rings is 1. The third-order valence-corrected chi connectivity index (χ3v) is 3.50. The fourth-order valence-electron chi connectivity index (χ4n) is 2.24. The SMILES string of the molecule is O=C1CCC(n2cnc3ccc(P)cc32)C(=O)N1. The molecular weight excluding hydrogens is 249 g/mol. The minimum atomic E-state index is -0.348. The van der Waals surface area contributed by atoms with Crippen molar-refractivity contribution in [3.05, 3.63) is 24.5 Å². The number of carbonyl (C=O) groups is 2. The molecule has 1 aromatic carbocycles. The Hall–Kier alpha value is -1.74. The van der Waals surface area contributed by atoms with E-state index in [2.05, 4.69) is 19.5 Å². The number of hydrogen-bond donors (Lipinski definition) is 1. The van der Waals surface area contributed by atoms with Crippen LogP contribution in [-0.4, -0.2) is 21.4 Å². The molecule has 0 bridgehead atoms. The van der Waals surface area contributed by atoms with Gasteiger partial charge in [-0.2, -0.15) is 0 Å². The van der Waals surface area contributed by atoms with Gasteiger partial charge in [-0.3, -0.25) is 14.9 Å². The number of carbonyl (C=O) groups excluding carboxylic acids is 2. The average Bonchev–Trinajstić information content (AvgIpc) is 2.72. The maximum atomic E-state index is 11.8. The van der Waals surface area contributed by atoms with Crippen molar-refractivity contribution in [2.45, 2.75) is 18.9 Å². The Balaban J connectivity index is 2.06. The van der Waals surface area contributed by atoms with Gasteiger partial charge in [0.05, 0.1) is 17.4 Å². The van der Waals surface area contributed by atoms with Gasteiger partial charge in [-0.05, 0) is 23.9 Å². The second-order valence-corrected chi connectivity index (χ2v) is 5.03. The van der Waals surface area contributed by atoms with Crippen LogP contribution in [0.25, 0.3) is 11.0 Å². The van der Waals surface area contributed by atoms with Gasteiger partial charge in [0.25, 0.3) is 0 Å². The summed E-state index contributed by atoms with van der Waals surface area (Å²) in [4.78, 5) is 27.3. The van der Waals surface area contributed by atoms with E-state index in [0.29, 0.717) is 12.8 Å². The largest absolute Gasteiger partial charge is 0.318 e. The van der Waals surface area contributed by atoms with E-state index in [1.54, 1.807) is 6.33 Å². The predicted molar refractivity (Wildman–Crippen MR) is 70.5 cm³/mol. The molecule has 0 aliphatic carbocycles. The molecule has 1 N–H and O–H groups in total. The smallest absolute Gasteiger partial charge is 0.249 e. The van der Waals surface area contributed by atoms with Crippen LogP contribution in [0, 0.1) is 0 Å². The van der Waals surface area contributed by atoms with Gasteiger partial charge in [0.2, 0.25) is 11.8 Å². The van der Waals surface area contributed by atoms with Gasteiger partial charge >= 0.3 is 0 Å². The minimum absolute atomic E-state index is 0.201. The Morgan fingerprint density at radius 2 is 2.22 bits per heavy atom. The second-order valence-electron chi connectivity index (χ2n) is 4.37. The molecule has 0 radical (unpaired) electrons. The quantitative estimate of drug-likeness (QED) is 0.601. The van der Waals surface area contributed by atoms with Crippen molar-refractivity contribution in [2.24, 2.45) is 0 Å². The molecule has 1 fully saturated rings. The molecule has 2 atom stereocenters. The molecule has 0 saturated carbocycles. The van der Waals surface area contributed by atoms with Crippen LogP contribution in [0.3, 0.4) is 0 Å². The number of hydrogen-bond acceptors (Lipinski definition) is 3. The van der Waals surface area contributed by atoms with Crippen LogP contribution in [0.2, 0.25) is 0 Å². The Kier molecular flexibility index (Phi) is 2.63. The summed E-state index contributed by atoms with van der Waals surface area (Å²) in [5.74, 6) is -0.452. The molecule has 1 aliphatic rings. The lowest BCUT2D eigenvalue weighted by atomic mass is 10.1. The summed E-state index contributed by atoms with van der Waals surface area (Å²) in [6.07, 6.45) is 2.56. The van der Waals surface area contributed by atoms with Crippen LogP contribution in [0.15, 0.2) is 24.5 Å². The summed E-state index contributed by atoms with van der Waals surface area (Å²) in [6.45, 7) is 0. The minimum Gasteiger partial charge on any atom is -0.318 e. The third kappa shape index (κ3) is 1.81. The molecule has 1 aliphatic heterocycles. The van der Waals surface area contributed by atoms with Crippen LogP contribution in [0.1, 0.15) is 18.9 Å². The lowest BCUT2D eigenvalue weighted by Gasteiger charge is -2.22. The number of rotatable bonds is 1. The fourth-order valence-corrected chi connectivity index (χ4v) is 2.49. The summed E-state index contributed by atoms with van der Waals surface area (Å²) in [5, 5.41) is 3.40. The topological polar surface area (TPSA) is 64.0 Å². The van der Waals surface area contributed by atoms with Crippen molar-refractivity contribution in [1.82, 2.24) is 14.9 Å². The number of nitrogens with zero attached hydrogens (tertiary/aromatic N) is 2. The first-order valence-corrected chi connectivity index (χ1v) is 6.28. The molecule has 2 heterocycles. The number of amides is 2. The summed E-state index contributed by atoms with van der Waals surface area (Å²) >= 11 is 0. The van der Waals surface area contributed by atoms with E-state index in [4.69, 9.17) is 0 Å². The lowest BCUT2D eigenvalue weighted by molar-refractivity contribution is -0.135. The molecule has 18 heavy (non-hydrogen) atoms. The number of nitrogens with one attached hydrogen (secondary N) is 1. The van der Waals surface area contributed by atoms with E-state index in [1.165, 1.54) is 0 Å². The van der Waals surface area contributed by atoms with Gasteiger partial charge in [-0.15, -0.1) is 9.24 Å². The fraction of sp³-hybridized carbons (Fsp3) is 0.250. The van der Waals surface area contributed by atoms with Crippen molar-refractivity contribution >= 4 is 37.4 Å². The molecule has 0 spiro atoms. The highest BCUT2D eigenvalue weighted by Gasteiger charge is 2.28. The molecule has 1 aromatic heterocycles. The molecule has 92 valence electrons. The highest BCUT2D eigenvalue weighted by Crippen LogP contribution is 2.23. The highest BCUT2D eigenvalue weighted by atomic mass is 31.0. The van der Waals surface area contributed by atoms with Gasteiger partial charge in [0.1, 0.15) is 6.04 Å². The van der Waals surface area contributed by atoms with Gasteiger partial charge < -0.3 is 4.57 Å². The summed E-state index contributed by atoms with van der Waals surface area (Å²) in [6, 6.07) is 5.49. The maximum absolute atomic E-state index is 11.8. The molecule has 2 unspecified atom stereocenters. The number of aromatic nitrogens is 2. The molecule has 3 rings (SSSR count). The van der Waals surface area contributed by atoms with Gasteiger partial charge in [-0.25, -0.2) is 4.98 Å². The molecule has 5 nitrogen and oxygen atoms in total. The average molecular weight is 261 g/mol. The Bertz CT molecular complexity index is 650. The number of piperidine rings is 1. The van der Waals surface area contributed by atoms with Crippen molar-refractivity contribution in [2.75, 3.05) is 0 Å². The molecule has 2 amide bonds. The van der Waals surface area contributed by atoms with Crippen molar-refractivity contribution in [3.8, 4) is 0 Å². The van der Waals surface area contributed by atoms with E-state index >= 15 is 0 Å². The first-order valence-electron chi connectivity index (χ1n) is 5.71. The van der Waals surface area contributed by atoms with E-state index in [0.717, 1.165) is 16.3 Å². The molecule has 2 aromatic rings. The zero-order valence-electron chi connectivity index (χ0n) is 9.59. The summed E-state index contributed by atoms with van der Waals surface area (Å²) in [7, 11) is 2.62. The maximum Gasteiger partial charge on any atom is 0.249 e. The molecule has 6 heteroatoms. The van der Waals surface area contributed by atoms with Crippen LogP contribution >= 0.6 is 9.24 Å². The number of imide groups is 1. The third-order valence-electron chi connectivity index (χ3n) is 3.14. The van der Waals surface area contributed by atoms with E-state index in [-0.39, 0.29) is 17.9 Å². The van der Waals surface area contributed by atoms with Crippen LogP contribution < -0.4 is 10.6 Å². The van der Waals surface area contributed by atoms with E-state index in [9.17, 15) is 9.59 Å². The highest BCUT2D eigenvalue weighted by molar-refractivity contribution is 7.27. The normalized spacial score (nSPS) is 20.2. The van der Waals surface area contributed by atoms with E-state index in [1.807, 2.05) is 22.8 Å². The van der Waals surface area contributed by atoms with Crippen molar-refractivity contribution in [3.63, 3.8) is 0 Å². The molecular formula is C12H12N3O2P. The monoisotopic (exact) mass is 261 g/mol. The summed E-state index contributed by atoms with van der Waals surface area (Å²) in [5.41, 5.74) is 1.77. The number of benzene rings is 1. The van der Waals surface area contributed by atoms with E-state index < -0.39 is 0 Å². The van der Waals surface area contributed by atoms with Crippen LogP contribution in [0.5, 0.6) is 0 Å². The standard InChI is InChI=1S/C12H12N3O2P/c16-11-4-3-9(12(17)14-11)15-6-13-8-2-1-7(18)5-10(8)15/h1-2,5-6,9H,3-4,18H2,(H,14,16,17). The van der Waals surface area contributed by atoms with Crippen molar-refractivity contribution in [1.29, 1.82) is 0 Å². The lowest BCUT2D eigenvalue weighted by Crippen LogP contribution is -2.41. The molecule has 1 saturated heterocycles. The van der Waals surface area contributed by atoms with Crippen LogP contribution in [0.4, 0.5) is 0 Å². The van der Waals surface area contributed by atoms with Crippen molar-refractivity contribution < 1.29 is 9.59 Å². The van der Waals surface area contributed by atoms with Crippen LogP contribution in [-0.2, 0) is 9.59 Å². The zero-order chi connectivity index (χ0) is 12.7. The predicted octanol–water partition coefficient (Wildman–Crippen LogP) is 0.514. The zero-order valence-corrected chi connectivity index (χ0v) is 10.7. The Morgan fingerprint density at radius 3 is 3.00 bits per heavy atom. The summed E-state index contributed by atoms with van der Waals surface area (Å²) < 4.78 is 1.84. The second kappa shape index (κ2) is 4.18. The Morgan fingerprint density at radius 1 is 1.39 bits per heavy atom. The first-order chi connectivity index (χ1) is 8.65. The van der Waals surface area contributed by atoms with Gasteiger partial charge in [0, 0.05) is 6.42 Å². The Labute approximate surface area is 106 Å². The van der Waals surface area contributed by atoms with Gasteiger partial charge in [-0.1, -0.05) is 6.07 Å². The van der Waals surface area contributed by atoms with Gasteiger partial charge in [0.15, 0.2) is 0 Å². The first kappa shape index (κ1) is 11.4.